The molecule has 0 saturated carbocycles. The predicted octanol–water partition coefficient (Wildman–Crippen LogP) is 2.61. The molecule has 1 aromatic carbocycles. The summed E-state index contributed by atoms with van der Waals surface area (Å²) in [6.07, 6.45) is 1.96. The van der Waals surface area contributed by atoms with Crippen molar-refractivity contribution in [2.24, 2.45) is 0 Å². The second-order valence-corrected chi connectivity index (χ2v) is 5.98. The lowest BCUT2D eigenvalue weighted by Gasteiger charge is -2.23. The van der Waals surface area contributed by atoms with Crippen LogP contribution in [-0.2, 0) is 11.3 Å². The molecule has 2 N–H and O–H groups in total. The van der Waals surface area contributed by atoms with Gasteiger partial charge >= 0.3 is 0 Å². The number of carbonyl (C=O) groups is 1. The van der Waals surface area contributed by atoms with Gasteiger partial charge in [0.2, 0.25) is 5.91 Å². The fourth-order valence-corrected chi connectivity index (χ4v) is 2.81. The quantitative estimate of drug-likeness (QED) is 0.846. The van der Waals surface area contributed by atoms with E-state index in [1.165, 1.54) is 5.56 Å². The first kappa shape index (κ1) is 16.0. The summed E-state index contributed by atoms with van der Waals surface area (Å²) in [6.45, 7) is 10.2. The minimum atomic E-state index is -0.422. The minimum Gasteiger partial charge on any atom is -0.324 e. The molecule has 1 aliphatic heterocycles. The van der Waals surface area contributed by atoms with Crippen LogP contribution in [-0.4, -0.2) is 36.0 Å². The van der Waals surface area contributed by atoms with Crippen LogP contribution in [0.3, 0.4) is 0 Å². The molecule has 0 bridgehead atoms. The Balaban J connectivity index is 2.02. The van der Waals surface area contributed by atoms with Crippen LogP contribution in [0.25, 0.3) is 0 Å². The molecule has 1 atom stereocenters. The standard InChI is InChI=1S/C17H27N3O/c1-4-20(5-2)13-14-8-6-9-15(12-14)19-16(21)17(3)10-7-11-18-17/h6,8-9,12,18H,4-5,7,10-11,13H2,1-3H3,(H,19,21). The molecule has 1 aliphatic rings. The van der Waals surface area contributed by atoms with Gasteiger partial charge in [-0.05, 0) is 57.1 Å². The molecule has 0 aliphatic carbocycles. The number of hydrogen-bond donors (Lipinski definition) is 2. The van der Waals surface area contributed by atoms with E-state index in [9.17, 15) is 4.79 Å². The van der Waals surface area contributed by atoms with Gasteiger partial charge in [0, 0.05) is 12.2 Å². The van der Waals surface area contributed by atoms with E-state index in [1.54, 1.807) is 0 Å². The van der Waals surface area contributed by atoms with Crippen LogP contribution >= 0.6 is 0 Å². The van der Waals surface area contributed by atoms with Crippen molar-refractivity contribution in [3.05, 3.63) is 29.8 Å². The number of carbonyl (C=O) groups excluding carboxylic acids is 1. The molecule has 4 nitrogen and oxygen atoms in total. The van der Waals surface area contributed by atoms with Gasteiger partial charge in [-0.15, -0.1) is 0 Å². The first-order chi connectivity index (χ1) is 10.1. The number of benzene rings is 1. The van der Waals surface area contributed by atoms with Gasteiger partial charge in [0.15, 0.2) is 0 Å². The van der Waals surface area contributed by atoms with Crippen LogP contribution < -0.4 is 10.6 Å². The van der Waals surface area contributed by atoms with Gasteiger partial charge in [0.25, 0.3) is 0 Å². The van der Waals surface area contributed by atoms with Crippen molar-refractivity contribution in [3.63, 3.8) is 0 Å². The maximum atomic E-state index is 12.4. The largest absolute Gasteiger partial charge is 0.324 e. The van der Waals surface area contributed by atoms with Gasteiger partial charge in [0.1, 0.15) is 0 Å². The Hall–Kier alpha value is -1.39. The maximum absolute atomic E-state index is 12.4. The van der Waals surface area contributed by atoms with E-state index in [4.69, 9.17) is 0 Å². The van der Waals surface area contributed by atoms with Crippen LogP contribution in [0, 0.1) is 0 Å². The van der Waals surface area contributed by atoms with Crippen molar-refractivity contribution in [1.29, 1.82) is 0 Å². The van der Waals surface area contributed by atoms with Crippen LogP contribution in [0.5, 0.6) is 0 Å². The van der Waals surface area contributed by atoms with Crippen molar-refractivity contribution in [1.82, 2.24) is 10.2 Å². The lowest BCUT2D eigenvalue weighted by molar-refractivity contribution is -0.121. The number of nitrogens with zero attached hydrogens (tertiary/aromatic N) is 1. The highest BCUT2D eigenvalue weighted by Crippen LogP contribution is 2.21. The normalized spacial score (nSPS) is 21.7. The lowest BCUT2D eigenvalue weighted by Crippen LogP contribution is -2.47. The Morgan fingerprint density at radius 3 is 2.76 bits per heavy atom. The van der Waals surface area contributed by atoms with Crippen molar-refractivity contribution >= 4 is 11.6 Å². The number of rotatable bonds is 6. The second kappa shape index (κ2) is 7.05. The Kier molecular flexibility index (Phi) is 5.37. The third kappa shape index (κ3) is 4.05. The third-order valence-corrected chi connectivity index (χ3v) is 4.36. The second-order valence-electron chi connectivity index (χ2n) is 5.98. The highest BCUT2D eigenvalue weighted by molar-refractivity contribution is 5.98. The van der Waals surface area contributed by atoms with Crippen LogP contribution in [0.2, 0.25) is 0 Å². The zero-order valence-electron chi connectivity index (χ0n) is 13.4. The van der Waals surface area contributed by atoms with E-state index < -0.39 is 5.54 Å². The molecule has 1 unspecified atom stereocenters. The highest BCUT2D eigenvalue weighted by atomic mass is 16.2. The Bertz CT molecular complexity index is 477. The predicted molar refractivity (Wildman–Crippen MR) is 87.3 cm³/mol. The zero-order valence-corrected chi connectivity index (χ0v) is 13.4. The van der Waals surface area contributed by atoms with Gasteiger partial charge in [-0.3, -0.25) is 9.69 Å². The molecule has 0 aromatic heterocycles. The number of anilines is 1. The molecule has 1 amide bonds. The average molecular weight is 289 g/mol. The van der Waals surface area contributed by atoms with Crippen molar-refractivity contribution in [3.8, 4) is 0 Å². The van der Waals surface area contributed by atoms with Crippen LogP contribution in [0.1, 0.15) is 39.2 Å². The number of nitrogens with one attached hydrogen (secondary N) is 2. The molecule has 1 saturated heterocycles. The average Bonchev–Trinajstić information content (AvgIpc) is 2.93. The molecule has 0 radical (unpaired) electrons. The fourth-order valence-electron chi connectivity index (χ4n) is 2.81. The van der Waals surface area contributed by atoms with E-state index >= 15 is 0 Å². The first-order valence-corrected chi connectivity index (χ1v) is 7.95. The summed E-state index contributed by atoms with van der Waals surface area (Å²) in [5, 5.41) is 6.35. The van der Waals surface area contributed by atoms with Crippen LogP contribution in [0.4, 0.5) is 5.69 Å². The molecule has 1 heterocycles. The molecular weight excluding hydrogens is 262 g/mol. The van der Waals surface area contributed by atoms with E-state index in [0.29, 0.717) is 0 Å². The summed E-state index contributed by atoms with van der Waals surface area (Å²) >= 11 is 0. The monoisotopic (exact) mass is 289 g/mol. The van der Waals surface area contributed by atoms with Gasteiger partial charge in [0.05, 0.1) is 5.54 Å². The molecule has 4 heteroatoms. The zero-order chi connectivity index (χ0) is 15.3. The minimum absolute atomic E-state index is 0.0694. The third-order valence-electron chi connectivity index (χ3n) is 4.36. The topological polar surface area (TPSA) is 44.4 Å². The molecule has 2 rings (SSSR count). The summed E-state index contributed by atoms with van der Waals surface area (Å²) in [5.74, 6) is 0.0694. The fraction of sp³-hybridized carbons (Fsp3) is 0.588. The Morgan fingerprint density at radius 1 is 1.38 bits per heavy atom. The van der Waals surface area contributed by atoms with E-state index in [2.05, 4.69) is 41.5 Å². The molecule has 1 fully saturated rings. The molecule has 0 spiro atoms. The Labute approximate surface area is 127 Å². The smallest absolute Gasteiger partial charge is 0.244 e. The maximum Gasteiger partial charge on any atom is 0.244 e. The summed E-state index contributed by atoms with van der Waals surface area (Å²) in [6, 6.07) is 8.17. The van der Waals surface area contributed by atoms with Gasteiger partial charge in [-0.1, -0.05) is 26.0 Å². The van der Waals surface area contributed by atoms with Crippen molar-refractivity contribution in [2.75, 3.05) is 25.0 Å². The summed E-state index contributed by atoms with van der Waals surface area (Å²) in [7, 11) is 0. The van der Waals surface area contributed by atoms with Crippen molar-refractivity contribution < 1.29 is 4.79 Å². The van der Waals surface area contributed by atoms with Gasteiger partial charge in [-0.25, -0.2) is 0 Å². The first-order valence-electron chi connectivity index (χ1n) is 7.95. The number of amides is 1. The summed E-state index contributed by atoms with van der Waals surface area (Å²) < 4.78 is 0. The van der Waals surface area contributed by atoms with Gasteiger partial charge < -0.3 is 10.6 Å². The number of hydrogen-bond acceptors (Lipinski definition) is 3. The van der Waals surface area contributed by atoms with Crippen molar-refractivity contribution in [2.45, 2.75) is 45.7 Å². The van der Waals surface area contributed by atoms with E-state index in [-0.39, 0.29) is 5.91 Å². The molecule has 1 aromatic rings. The van der Waals surface area contributed by atoms with E-state index in [1.807, 2.05) is 19.1 Å². The lowest BCUT2D eigenvalue weighted by atomic mass is 9.99. The van der Waals surface area contributed by atoms with Crippen LogP contribution in [0.15, 0.2) is 24.3 Å². The van der Waals surface area contributed by atoms with Gasteiger partial charge in [-0.2, -0.15) is 0 Å². The molecule has 116 valence electrons. The summed E-state index contributed by atoms with van der Waals surface area (Å²) in [5.41, 5.74) is 1.70. The SMILES string of the molecule is CCN(CC)Cc1cccc(NC(=O)C2(C)CCCN2)c1. The molecular formula is C17H27N3O. The summed E-state index contributed by atoms with van der Waals surface area (Å²) in [4.78, 5) is 14.8. The molecule has 21 heavy (non-hydrogen) atoms. The Morgan fingerprint density at radius 2 is 2.14 bits per heavy atom. The van der Waals surface area contributed by atoms with E-state index in [0.717, 1.165) is 44.7 Å². The highest BCUT2D eigenvalue weighted by Gasteiger charge is 2.35.